The zero-order valence-electron chi connectivity index (χ0n) is 15.1. The Hall–Kier alpha value is -2.13. The van der Waals surface area contributed by atoms with Crippen LogP contribution in [0, 0.1) is 0 Å². The molecule has 0 unspecified atom stereocenters. The van der Waals surface area contributed by atoms with Crippen LogP contribution < -0.4 is 4.72 Å². The Kier molecular flexibility index (Phi) is 7.38. The number of amides is 1. The van der Waals surface area contributed by atoms with Crippen molar-refractivity contribution in [1.29, 1.82) is 0 Å². The van der Waals surface area contributed by atoms with Crippen molar-refractivity contribution in [1.82, 2.24) is 5.06 Å². The number of aliphatic imine (C=N–C) groups is 1. The van der Waals surface area contributed by atoms with Gasteiger partial charge < -0.3 is 4.74 Å². The molecule has 0 aliphatic heterocycles. The minimum Gasteiger partial charge on any atom is -0.442 e. The Balaban J connectivity index is 2.72. The summed E-state index contributed by atoms with van der Waals surface area (Å²) in [7, 11) is -3.32. The molecule has 9 heteroatoms. The van der Waals surface area contributed by atoms with Gasteiger partial charge in [-0.3, -0.25) is 14.6 Å². The molecule has 1 amide bonds. The predicted molar refractivity (Wildman–Crippen MR) is 96.8 cm³/mol. The van der Waals surface area contributed by atoms with Gasteiger partial charge in [0.25, 0.3) is 0 Å². The highest BCUT2D eigenvalue weighted by Gasteiger charge is 2.22. The molecule has 0 aliphatic carbocycles. The second kappa shape index (κ2) is 8.82. The van der Waals surface area contributed by atoms with Gasteiger partial charge in [0.15, 0.2) is 0 Å². The monoisotopic (exact) mass is 371 g/mol. The molecule has 0 bridgehead atoms. The Morgan fingerprint density at radius 1 is 1.28 bits per heavy atom. The van der Waals surface area contributed by atoms with Gasteiger partial charge in [-0.05, 0) is 45.4 Å². The van der Waals surface area contributed by atoms with Gasteiger partial charge in [0.1, 0.15) is 18.5 Å². The first-order chi connectivity index (χ1) is 11.5. The SMILES string of the molecule is CCN=CN(OCc1ccc(NS(C)(=O)=O)cc1)C(=O)OC(C)(C)C. The number of nitrogens with one attached hydrogen (secondary N) is 1. The van der Waals surface area contributed by atoms with E-state index in [1.54, 1.807) is 45.0 Å². The van der Waals surface area contributed by atoms with Crippen LogP contribution >= 0.6 is 0 Å². The Bertz CT molecular complexity index is 693. The average molecular weight is 371 g/mol. The summed E-state index contributed by atoms with van der Waals surface area (Å²) in [5, 5.41) is 0.942. The van der Waals surface area contributed by atoms with Gasteiger partial charge in [0.05, 0.1) is 6.26 Å². The number of anilines is 1. The third-order valence-corrected chi connectivity index (χ3v) is 3.18. The number of nitrogens with zero attached hydrogens (tertiary/aromatic N) is 2. The van der Waals surface area contributed by atoms with Crippen LogP contribution in [0.15, 0.2) is 29.3 Å². The van der Waals surface area contributed by atoms with E-state index >= 15 is 0 Å². The van der Waals surface area contributed by atoms with Crippen molar-refractivity contribution in [3.05, 3.63) is 29.8 Å². The predicted octanol–water partition coefficient (Wildman–Crippen LogP) is 2.78. The van der Waals surface area contributed by atoms with Crippen LogP contribution in [0.3, 0.4) is 0 Å². The van der Waals surface area contributed by atoms with Crippen molar-refractivity contribution in [2.75, 3.05) is 17.5 Å². The van der Waals surface area contributed by atoms with E-state index in [0.717, 1.165) is 16.9 Å². The van der Waals surface area contributed by atoms with Gasteiger partial charge in [0, 0.05) is 12.2 Å². The van der Waals surface area contributed by atoms with Crippen molar-refractivity contribution < 1.29 is 22.8 Å². The zero-order valence-corrected chi connectivity index (χ0v) is 16.0. The van der Waals surface area contributed by atoms with E-state index in [0.29, 0.717) is 12.2 Å². The molecule has 1 aromatic carbocycles. The van der Waals surface area contributed by atoms with E-state index < -0.39 is 21.7 Å². The molecular weight excluding hydrogens is 346 g/mol. The molecule has 1 N–H and O–H groups in total. The molecule has 0 aromatic heterocycles. The summed E-state index contributed by atoms with van der Waals surface area (Å²) in [6.07, 6.45) is 1.68. The van der Waals surface area contributed by atoms with E-state index in [2.05, 4.69) is 9.71 Å². The van der Waals surface area contributed by atoms with Crippen molar-refractivity contribution in [2.24, 2.45) is 4.99 Å². The number of hydrogen-bond donors (Lipinski definition) is 1. The third kappa shape index (κ3) is 9.06. The Labute approximate surface area is 148 Å². The largest absolute Gasteiger partial charge is 0.442 e. The van der Waals surface area contributed by atoms with Crippen LogP contribution in [0.2, 0.25) is 0 Å². The lowest BCUT2D eigenvalue weighted by Crippen LogP contribution is -2.36. The first kappa shape index (κ1) is 20.9. The Morgan fingerprint density at radius 3 is 2.36 bits per heavy atom. The number of carbonyl (C=O) groups excluding carboxylic acids is 1. The van der Waals surface area contributed by atoms with Crippen molar-refractivity contribution >= 4 is 28.1 Å². The molecule has 0 fully saturated rings. The molecule has 0 spiro atoms. The average Bonchev–Trinajstić information content (AvgIpc) is 2.45. The second-order valence-corrected chi connectivity index (χ2v) is 8.01. The standard InChI is InChI=1S/C16H25N3O5S/c1-6-17-12-19(15(20)24-16(2,3)4)23-11-13-7-9-14(10-8-13)18-25(5,21)22/h7-10,12,18H,6,11H2,1-5H3. The van der Waals surface area contributed by atoms with Crippen molar-refractivity contribution in [3.8, 4) is 0 Å². The van der Waals surface area contributed by atoms with Crippen molar-refractivity contribution in [3.63, 3.8) is 0 Å². The van der Waals surface area contributed by atoms with Gasteiger partial charge in [-0.2, -0.15) is 0 Å². The molecule has 0 atom stereocenters. The van der Waals surface area contributed by atoms with Crippen molar-refractivity contribution in [2.45, 2.75) is 39.9 Å². The summed E-state index contributed by atoms with van der Waals surface area (Å²) < 4.78 is 30.0. The Morgan fingerprint density at radius 2 is 1.88 bits per heavy atom. The highest BCUT2D eigenvalue weighted by molar-refractivity contribution is 7.92. The van der Waals surface area contributed by atoms with E-state index in [1.807, 2.05) is 6.92 Å². The number of rotatable bonds is 7. The first-order valence-corrected chi connectivity index (χ1v) is 9.61. The number of benzene rings is 1. The molecule has 0 heterocycles. The lowest BCUT2D eigenvalue weighted by molar-refractivity contribution is -0.105. The molecule has 140 valence electrons. The van der Waals surface area contributed by atoms with Gasteiger partial charge in [-0.25, -0.2) is 13.2 Å². The third-order valence-electron chi connectivity index (χ3n) is 2.57. The second-order valence-electron chi connectivity index (χ2n) is 6.26. The number of ether oxygens (including phenoxy) is 1. The normalized spacial score (nSPS) is 12.2. The fourth-order valence-corrected chi connectivity index (χ4v) is 2.19. The topological polar surface area (TPSA) is 97.3 Å². The minimum absolute atomic E-state index is 0.0914. The summed E-state index contributed by atoms with van der Waals surface area (Å²) in [6, 6.07) is 6.60. The summed E-state index contributed by atoms with van der Waals surface area (Å²) in [5.41, 5.74) is 0.540. The maximum Gasteiger partial charge on any atom is 0.440 e. The first-order valence-electron chi connectivity index (χ1n) is 7.72. The molecule has 0 saturated carbocycles. The summed E-state index contributed by atoms with van der Waals surface area (Å²) in [5.74, 6) is 0. The van der Waals surface area contributed by atoms with Crippen LogP contribution in [0.25, 0.3) is 0 Å². The molecule has 25 heavy (non-hydrogen) atoms. The quantitative estimate of drug-likeness (QED) is 0.451. The van der Waals surface area contributed by atoms with E-state index in [4.69, 9.17) is 9.57 Å². The van der Waals surface area contributed by atoms with Gasteiger partial charge in [-0.1, -0.05) is 12.1 Å². The summed E-state index contributed by atoms with van der Waals surface area (Å²) >= 11 is 0. The minimum atomic E-state index is -3.32. The van der Waals surface area contributed by atoms with Crippen LogP contribution in [-0.2, 0) is 26.2 Å². The molecule has 0 radical (unpaired) electrons. The smallest absolute Gasteiger partial charge is 0.440 e. The van der Waals surface area contributed by atoms with Crippen LogP contribution in [0.1, 0.15) is 33.3 Å². The van der Waals surface area contributed by atoms with E-state index in [9.17, 15) is 13.2 Å². The molecule has 1 aromatic rings. The number of carbonyl (C=O) groups is 1. The zero-order chi connectivity index (χ0) is 19.1. The van der Waals surface area contributed by atoms with Crippen LogP contribution in [0.4, 0.5) is 10.5 Å². The lowest BCUT2D eigenvalue weighted by Gasteiger charge is -2.24. The highest BCUT2D eigenvalue weighted by atomic mass is 32.2. The van der Waals surface area contributed by atoms with Gasteiger partial charge in [-0.15, -0.1) is 5.06 Å². The van der Waals surface area contributed by atoms with E-state index in [1.165, 1.54) is 6.34 Å². The fourth-order valence-electron chi connectivity index (χ4n) is 1.62. The highest BCUT2D eigenvalue weighted by Crippen LogP contribution is 2.13. The molecular formula is C16H25N3O5S. The van der Waals surface area contributed by atoms with Crippen LogP contribution in [0.5, 0.6) is 0 Å². The summed E-state index contributed by atoms with van der Waals surface area (Å²) in [4.78, 5) is 21.5. The van der Waals surface area contributed by atoms with Gasteiger partial charge >= 0.3 is 6.09 Å². The van der Waals surface area contributed by atoms with E-state index in [-0.39, 0.29) is 6.61 Å². The van der Waals surface area contributed by atoms with Crippen LogP contribution in [-0.4, -0.2) is 44.3 Å². The number of sulfonamides is 1. The maximum atomic E-state index is 12.1. The molecule has 0 saturated heterocycles. The maximum absolute atomic E-state index is 12.1. The number of hydrogen-bond acceptors (Lipinski definition) is 6. The fraction of sp³-hybridized carbons (Fsp3) is 0.500. The lowest BCUT2D eigenvalue weighted by atomic mass is 10.2. The number of hydroxylamine groups is 2. The van der Waals surface area contributed by atoms with Gasteiger partial charge in [0.2, 0.25) is 10.0 Å². The summed E-state index contributed by atoms with van der Waals surface area (Å²) in [6.45, 7) is 7.69. The molecule has 0 aliphatic rings. The molecule has 1 rings (SSSR count). The molecule has 8 nitrogen and oxygen atoms in total.